The lowest BCUT2D eigenvalue weighted by Gasteiger charge is -2.11. The number of hydrogen-bond donors (Lipinski definition) is 2. The lowest BCUT2D eigenvalue weighted by atomic mass is 10.1. The Morgan fingerprint density at radius 3 is 2.15 bits per heavy atom. The third kappa shape index (κ3) is 6.46. The van der Waals surface area contributed by atoms with Gasteiger partial charge in [-0.15, -0.1) is 0 Å². The van der Waals surface area contributed by atoms with Gasteiger partial charge in [0, 0.05) is 37.1 Å². The predicted molar refractivity (Wildman–Crippen MR) is 103 cm³/mol. The Labute approximate surface area is 158 Å². The fraction of sp³-hybridized carbons (Fsp3) is 0.316. The number of halogens is 1. The first-order valence-electron chi connectivity index (χ1n) is 8.36. The van der Waals surface area contributed by atoms with Crippen LogP contribution in [0.2, 0.25) is 5.02 Å². The van der Waals surface area contributed by atoms with Crippen LogP contribution in [0, 0.1) is 0 Å². The van der Waals surface area contributed by atoms with E-state index in [1.807, 2.05) is 43.3 Å². The summed E-state index contributed by atoms with van der Waals surface area (Å²) in [6.07, 6.45) is 3.60. The van der Waals surface area contributed by atoms with Crippen molar-refractivity contribution < 1.29 is 9.59 Å². The summed E-state index contributed by atoms with van der Waals surface area (Å²) in [6, 6.07) is 9.04. The molecule has 1 heterocycles. The molecule has 0 radical (unpaired) electrons. The highest BCUT2D eigenvalue weighted by Crippen LogP contribution is 2.09. The quantitative estimate of drug-likeness (QED) is 0.741. The average molecular weight is 375 g/mol. The van der Waals surface area contributed by atoms with E-state index in [2.05, 4.69) is 15.6 Å². The van der Waals surface area contributed by atoms with Crippen molar-refractivity contribution in [2.24, 2.45) is 0 Å². The number of hydrogen-bond acceptors (Lipinski definition) is 4. The lowest BCUT2D eigenvalue weighted by Crippen LogP contribution is -2.31. The number of carbonyl (C=O) groups excluding carboxylic acids is 2. The van der Waals surface area contributed by atoms with E-state index in [9.17, 15) is 9.59 Å². The second-order valence-electron chi connectivity index (χ2n) is 6.15. The van der Waals surface area contributed by atoms with E-state index >= 15 is 0 Å². The van der Waals surface area contributed by atoms with Crippen molar-refractivity contribution in [2.75, 3.05) is 33.7 Å². The van der Waals surface area contributed by atoms with Gasteiger partial charge in [-0.3, -0.25) is 14.6 Å². The van der Waals surface area contributed by atoms with Gasteiger partial charge in [-0.05, 0) is 44.3 Å². The fourth-order valence-corrected chi connectivity index (χ4v) is 2.38. The highest BCUT2D eigenvalue weighted by atomic mass is 35.5. The zero-order valence-corrected chi connectivity index (χ0v) is 15.7. The minimum absolute atomic E-state index is 0.241. The monoisotopic (exact) mass is 374 g/mol. The molecule has 2 amide bonds. The molecule has 7 heteroatoms. The second-order valence-corrected chi connectivity index (χ2v) is 6.59. The summed E-state index contributed by atoms with van der Waals surface area (Å²) in [7, 11) is 3.87. The number of nitrogens with zero attached hydrogens (tertiary/aromatic N) is 2. The van der Waals surface area contributed by atoms with Crippen LogP contribution in [0.5, 0.6) is 0 Å². The molecule has 0 spiro atoms. The summed E-state index contributed by atoms with van der Waals surface area (Å²) in [4.78, 5) is 30.3. The van der Waals surface area contributed by atoms with Crippen molar-refractivity contribution in [3.63, 3.8) is 0 Å². The summed E-state index contributed by atoms with van der Waals surface area (Å²) >= 11 is 5.85. The number of nitrogens with one attached hydrogen (secondary N) is 2. The van der Waals surface area contributed by atoms with E-state index in [4.69, 9.17) is 11.6 Å². The largest absolute Gasteiger partial charge is 0.352 e. The average Bonchev–Trinajstić information content (AvgIpc) is 2.63. The van der Waals surface area contributed by atoms with E-state index in [1.165, 1.54) is 12.4 Å². The third-order valence-electron chi connectivity index (χ3n) is 3.72. The fourth-order valence-electron chi connectivity index (χ4n) is 2.26. The topological polar surface area (TPSA) is 74.3 Å². The third-order valence-corrected chi connectivity index (χ3v) is 3.97. The number of aromatic nitrogens is 1. The molecule has 0 saturated carbocycles. The Balaban J connectivity index is 1.86. The first-order chi connectivity index (χ1) is 12.5. The molecule has 0 aliphatic rings. The molecule has 2 N–H and O–H groups in total. The molecule has 2 aromatic rings. The maximum atomic E-state index is 12.3. The molecule has 0 aliphatic heterocycles. The number of likely N-dealkylation sites (N-methyl/N-ethyl adjacent to an activating group) is 1. The zero-order valence-electron chi connectivity index (χ0n) is 15.0. The Morgan fingerprint density at radius 1 is 1.00 bits per heavy atom. The molecule has 2 rings (SSSR count). The maximum Gasteiger partial charge on any atom is 0.252 e. The van der Waals surface area contributed by atoms with Gasteiger partial charge < -0.3 is 15.5 Å². The van der Waals surface area contributed by atoms with Crippen LogP contribution in [-0.2, 0) is 6.42 Å². The van der Waals surface area contributed by atoms with E-state index in [0.29, 0.717) is 35.7 Å². The molecule has 1 aromatic heterocycles. The molecule has 0 unspecified atom stereocenters. The van der Waals surface area contributed by atoms with Gasteiger partial charge in [0.25, 0.3) is 11.8 Å². The van der Waals surface area contributed by atoms with Gasteiger partial charge in [0.1, 0.15) is 0 Å². The van der Waals surface area contributed by atoms with Gasteiger partial charge >= 0.3 is 0 Å². The molecule has 0 fully saturated rings. The highest BCUT2D eigenvalue weighted by Gasteiger charge is 2.11. The van der Waals surface area contributed by atoms with E-state index in [-0.39, 0.29) is 11.8 Å². The molecule has 0 aliphatic carbocycles. The van der Waals surface area contributed by atoms with Gasteiger partial charge in [-0.25, -0.2) is 0 Å². The minimum Gasteiger partial charge on any atom is -0.352 e. The summed E-state index contributed by atoms with van der Waals surface area (Å²) < 4.78 is 0. The Kier molecular flexibility index (Phi) is 7.56. The SMILES string of the molecule is CN(C)CCNC(=O)c1cncc(C(=O)NCCc2ccc(Cl)cc2)c1. The number of rotatable bonds is 8. The molecule has 1 aromatic carbocycles. The normalized spacial score (nSPS) is 10.6. The smallest absolute Gasteiger partial charge is 0.252 e. The summed E-state index contributed by atoms with van der Waals surface area (Å²) in [5.74, 6) is -0.496. The van der Waals surface area contributed by atoms with Crippen LogP contribution in [0.4, 0.5) is 0 Å². The van der Waals surface area contributed by atoms with Gasteiger partial charge in [-0.2, -0.15) is 0 Å². The number of carbonyl (C=O) groups is 2. The van der Waals surface area contributed by atoms with Crippen molar-refractivity contribution in [2.45, 2.75) is 6.42 Å². The molecular weight excluding hydrogens is 352 g/mol. The standard InChI is InChI=1S/C19H23ClN4O2/c1-24(2)10-9-23-19(26)16-11-15(12-21-13-16)18(25)22-8-7-14-3-5-17(20)6-4-14/h3-6,11-13H,7-10H2,1-2H3,(H,22,25)(H,23,26). The van der Waals surface area contributed by atoms with Crippen LogP contribution in [0.1, 0.15) is 26.3 Å². The van der Waals surface area contributed by atoms with E-state index < -0.39 is 0 Å². The number of benzene rings is 1. The predicted octanol–water partition coefficient (Wildman–Crippen LogP) is 2.00. The molecular formula is C19H23ClN4O2. The molecule has 0 saturated heterocycles. The van der Waals surface area contributed by atoms with Gasteiger partial charge in [0.05, 0.1) is 11.1 Å². The summed E-state index contributed by atoms with van der Waals surface area (Å²) in [5.41, 5.74) is 1.82. The van der Waals surface area contributed by atoms with Crippen molar-refractivity contribution in [1.82, 2.24) is 20.5 Å². The molecule has 0 bridgehead atoms. The molecule has 26 heavy (non-hydrogen) atoms. The second kappa shape index (κ2) is 9.89. The lowest BCUT2D eigenvalue weighted by molar-refractivity contribution is 0.0950. The molecule has 0 atom stereocenters. The zero-order chi connectivity index (χ0) is 18.9. The van der Waals surface area contributed by atoms with E-state index in [1.54, 1.807) is 6.07 Å². The van der Waals surface area contributed by atoms with Gasteiger partial charge in [-0.1, -0.05) is 23.7 Å². The minimum atomic E-state index is -0.255. The summed E-state index contributed by atoms with van der Waals surface area (Å²) in [5, 5.41) is 6.32. The van der Waals surface area contributed by atoms with Crippen LogP contribution in [-0.4, -0.2) is 55.4 Å². The number of amides is 2. The first kappa shape index (κ1) is 19.9. The Hall–Kier alpha value is -2.44. The van der Waals surface area contributed by atoms with Crippen LogP contribution in [0.3, 0.4) is 0 Å². The summed E-state index contributed by atoms with van der Waals surface area (Å²) in [6.45, 7) is 1.76. The highest BCUT2D eigenvalue weighted by molar-refractivity contribution is 6.30. The van der Waals surface area contributed by atoms with Crippen molar-refractivity contribution in [3.8, 4) is 0 Å². The van der Waals surface area contributed by atoms with Crippen molar-refractivity contribution in [1.29, 1.82) is 0 Å². The Bertz CT molecular complexity index is 747. The Morgan fingerprint density at radius 2 is 1.58 bits per heavy atom. The van der Waals surface area contributed by atoms with Crippen molar-refractivity contribution >= 4 is 23.4 Å². The van der Waals surface area contributed by atoms with E-state index in [0.717, 1.165) is 12.1 Å². The van der Waals surface area contributed by atoms with Crippen LogP contribution in [0.25, 0.3) is 0 Å². The van der Waals surface area contributed by atoms with Gasteiger partial charge in [0.15, 0.2) is 0 Å². The molecule has 6 nitrogen and oxygen atoms in total. The van der Waals surface area contributed by atoms with Crippen LogP contribution in [0.15, 0.2) is 42.7 Å². The number of pyridine rings is 1. The van der Waals surface area contributed by atoms with Crippen molar-refractivity contribution in [3.05, 3.63) is 64.4 Å². The molecule has 138 valence electrons. The van der Waals surface area contributed by atoms with Crippen LogP contribution >= 0.6 is 11.6 Å². The first-order valence-corrected chi connectivity index (χ1v) is 8.74. The maximum absolute atomic E-state index is 12.3. The van der Waals surface area contributed by atoms with Gasteiger partial charge in [0.2, 0.25) is 0 Å². The van der Waals surface area contributed by atoms with Crippen LogP contribution < -0.4 is 10.6 Å².